The van der Waals surface area contributed by atoms with E-state index in [1.165, 1.54) is 60.8 Å². The minimum atomic E-state index is -1.33. The van der Waals surface area contributed by atoms with E-state index in [0.29, 0.717) is 53.0 Å². The van der Waals surface area contributed by atoms with Gasteiger partial charge >= 0.3 is 18.2 Å². The second kappa shape index (κ2) is 36.0. The van der Waals surface area contributed by atoms with Gasteiger partial charge in [0.1, 0.15) is 51.9 Å². The first-order valence-electron chi connectivity index (χ1n) is 37.5. The van der Waals surface area contributed by atoms with Gasteiger partial charge in [-0.15, -0.1) is 25.5 Å². The van der Waals surface area contributed by atoms with Crippen LogP contribution in [0.2, 0.25) is 15.1 Å². The molecule has 2 amide bonds. The van der Waals surface area contributed by atoms with Gasteiger partial charge in [-0.1, -0.05) is 108 Å². The van der Waals surface area contributed by atoms with E-state index in [1.54, 1.807) is 71.3 Å². The van der Waals surface area contributed by atoms with Crippen LogP contribution in [0.15, 0.2) is 68.8 Å². The van der Waals surface area contributed by atoms with Gasteiger partial charge in [0.15, 0.2) is 40.4 Å². The molecule has 26 nitrogen and oxygen atoms in total. The highest BCUT2D eigenvalue weighted by Crippen LogP contribution is 2.45. The molecule has 0 bridgehead atoms. The summed E-state index contributed by atoms with van der Waals surface area (Å²) in [6, 6.07) is 8.84. The number of fused-ring (bicyclic) bond motifs is 3. The number of amidine groups is 1. The highest BCUT2D eigenvalue weighted by Gasteiger charge is 2.40. The van der Waals surface area contributed by atoms with Gasteiger partial charge in [0, 0.05) is 73.2 Å². The average molecular weight is 1620 g/mol. The zero-order valence-electron chi connectivity index (χ0n) is 63.6. The summed E-state index contributed by atoms with van der Waals surface area (Å²) in [6.07, 6.45) is 17.4. The number of oxime groups is 1. The third-order valence-electron chi connectivity index (χ3n) is 20.5. The van der Waals surface area contributed by atoms with Crippen LogP contribution in [0, 0.1) is 40.8 Å². The summed E-state index contributed by atoms with van der Waals surface area (Å²) in [4.78, 5) is 54.3. The van der Waals surface area contributed by atoms with Crippen LogP contribution in [-0.2, 0) is 15.9 Å². The Morgan fingerprint density at radius 2 is 0.884 bits per heavy atom. The van der Waals surface area contributed by atoms with E-state index < -0.39 is 82.4 Å². The molecule has 3 aromatic carbocycles. The van der Waals surface area contributed by atoms with E-state index in [9.17, 15) is 45.8 Å². The second-order valence-electron chi connectivity index (χ2n) is 30.4. The quantitative estimate of drug-likeness (QED) is 0.0255. The number of carboxylic acid groups (broad SMARTS) is 1. The lowest BCUT2D eigenvalue weighted by Crippen LogP contribution is -2.47. The van der Waals surface area contributed by atoms with Gasteiger partial charge in [-0.25, -0.2) is 40.7 Å². The maximum absolute atomic E-state index is 14.9. The molecular formula is C77H90Cl3F6N17O9. The van der Waals surface area contributed by atoms with Crippen molar-refractivity contribution >= 4 is 87.5 Å². The molecule has 14 rings (SSSR count). The van der Waals surface area contributed by atoms with Crippen LogP contribution < -0.4 is 30.2 Å². The second-order valence-corrected chi connectivity index (χ2v) is 31.6. The van der Waals surface area contributed by atoms with Crippen molar-refractivity contribution in [1.82, 2.24) is 50.9 Å². The van der Waals surface area contributed by atoms with E-state index in [-0.39, 0.29) is 92.8 Å². The van der Waals surface area contributed by atoms with Crippen molar-refractivity contribution in [2.75, 3.05) is 57.2 Å². The normalized spacial score (nSPS) is 17.3. The molecule has 5 aromatic heterocycles. The number of hydrogen-bond donors (Lipinski definition) is 3. The lowest BCUT2D eigenvalue weighted by Gasteiger charge is -2.40. The molecule has 4 N–H and O–H groups in total. The Morgan fingerprint density at radius 3 is 1.29 bits per heavy atom. The van der Waals surface area contributed by atoms with Crippen molar-refractivity contribution in [3.05, 3.63) is 144 Å². The minimum Gasteiger partial charge on any atom is -0.476 e. The van der Waals surface area contributed by atoms with Crippen LogP contribution >= 0.6 is 34.8 Å². The fourth-order valence-corrected chi connectivity index (χ4v) is 15.7. The topological polar surface area (TPSA) is 320 Å². The molecule has 112 heavy (non-hydrogen) atoms. The third kappa shape index (κ3) is 19.3. The van der Waals surface area contributed by atoms with Gasteiger partial charge in [0.05, 0.1) is 55.9 Å². The van der Waals surface area contributed by atoms with Gasteiger partial charge in [-0.3, -0.25) is 9.80 Å². The summed E-state index contributed by atoms with van der Waals surface area (Å²) in [5.41, 5.74) is 6.65. The smallest absolute Gasteiger partial charge is 0.416 e. The van der Waals surface area contributed by atoms with Gasteiger partial charge < -0.3 is 49.3 Å². The van der Waals surface area contributed by atoms with E-state index in [2.05, 4.69) is 56.0 Å². The Kier molecular flexibility index (Phi) is 26.7. The number of hydrogen-bond acceptors (Lipinski definition) is 22. The molecule has 0 spiro atoms. The number of nitrogens with two attached hydrogens (primary N) is 1. The zero-order valence-corrected chi connectivity index (χ0v) is 65.9. The Labute approximate surface area is 658 Å². The molecule has 3 atom stereocenters. The molecule has 35 heteroatoms. The number of amides is 2. The third-order valence-corrected chi connectivity index (χ3v) is 21.6. The minimum absolute atomic E-state index is 0.00377. The number of rotatable bonds is 12. The van der Waals surface area contributed by atoms with E-state index in [4.69, 9.17) is 64.3 Å². The fraction of sp³-hybridized carbons (Fsp3) is 0.506. The van der Waals surface area contributed by atoms with Crippen LogP contribution in [0.5, 0.6) is 0 Å². The number of carbonyl (C=O) groups is 3. The summed E-state index contributed by atoms with van der Waals surface area (Å²) < 4.78 is 108. The number of aromatic carboxylic acids is 1. The number of halogens is 9. The molecule has 600 valence electrons. The van der Waals surface area contributed by atoms with Gasteiger partial charge in [-0.05, 0) is 162 Å². The fourth-order valence-electron chi connectivity index (χ4n) is 14.8. The Hall–Kier alpha value is -9.69. The molecule has 3 fully saturated rings. The van der Waals surface area contributed by atoms with Crippen molar-refractivity contribution < 1.29 is 69.6 Å². The van der Waals surface area contributed by atoms with Crippen LogP contribution in [0.3, 0.4) is 0 Å². The van der Waals surface area contributed by atoms with Gasteiger partial charge in [0.25, 0.3) is 11.8 Å². The molecule has 8 aromatic rings. The van der Waals surface area contributed by atoms with Crippen molar-refractivity contribution in [3.63, 3.8) is 0 Å². The molecular weight excluding hydrogens is 1530 g/mol. The lowest BCUT2D eigenvalue weighted by molar-refractivity contribution is 0.0567. The summed E-state index contributed by atoms with van der Waals surface area (Å²) in [5, 5.41) is 53.1. The van der Waals surface area contributed by atoms with Crippen molar-refractivity contribution in [1.29, 1.82) is 0 Å². The Bertz CT molecular complexity index is 4720. The molecule has 0 saturated heterocycles. The molecule has 3 aliphatic heterocycles. The summed E-state index contributed by atoms with van der Waals surface area (Å²) >= 11 is 18.4. The SMILES string of the molecule is CC(c1c(F)ccc(F)c1Cl)N1CCCc2nnc(-c3nc(C4CCCCC4)no3)cc21.CC(c1c(F)ccc(F)c1Cl)N1CCN(C(=O)OC(C)(C)C)c2nnc(-c3nc(C4CCCCC4)no3)cc21.CC(c1c(F)ccc(F)c1Cl)N1CCN(C(=O)OC(C)(C)C)c2nnc(C(=O)O)cc21.NC(=NO)C1CCCCC1. The number of aromatic nitrogens is 10. The van der Waals surface area contributed by atoms with Crippen LogP contribution in [0.4, 0.5) is 64.6 Å². The number of nitrogens with zero attached hydrogens (tertiary/aromatic N) is 16. The monoisotopic (exact) mass is 1620 g/mol. The van der Waals surface area contributed by atoms with Crippen LogP contribution in [0.1, 0.15) is 240 Å². The molecule has 8 heterocycles. The molecule has 3 saturated carbocycles. The zero-order chi connectivity index (χ0) is 80.6. The largest absolute Gasteiger partial charge is 0.476 e. The summed E-state index contributed by atoms with van der Waals surface area (Å²) in [6.45, 7) is 16.9. The first-order chi connectivity index (χ1) is 53.3. The van der Waals surface area contributed by atoms with Crippen molar-refractivity contribution in [2.45, 2.75) is 213 Å². The van der Waals surface area contributed by atoms with E-state index >= 15 is 0 Å². The molecule has 6 aliphatic rings. The highest BCUT2D eigenvalue weighted by atomic mass is 35.5. The number of benzene rings is 3. The molecule has 0 radical (unpaired) electrons. The Morgan fingerprint density at radius 1 is 0.509 bits per heavy atom. The maximum atomic E-state index is 14.9. The standard InChI is InChI=1S/C27H31ClF2N6O3.C23H24ClF2N5O.C20H21ClF2N4O4.C7H14N2O/c1-15(21-17(29)10-11-18(30)22(21)28)35-12-13-36(26(37)38-27(2,3)4)24-20(35)14-19(32-33-24)25-31-23(34-39-25)16-8-6-5-7-9-16;1-13(20-15(25)9-10-16(26)21(20)24)31-11-5-8-17-19(31)12-18(29-28-17)23-27-22(30-32-23)14-6-3-2-4-7-14;1-10(15-11(22)5-6-12(23)16(15)21)26-7-8-27(19(30)31-20(2,3)4)17-14(26)9-13(18(28)29)24-25-17;8-7(9-10)6-4-2-1-3-5-6/h10-11,14-16H,5-9,12-13H2,1-4H3;9-10,12-14H,2-8,11H2,1H3;5-6,9-10H,7-8H2,1-4H3,(H,28,29);6,10H,1-5H2,(H2,8,9). The van der Waals surface area contributed by atoms with Crippen molar-refractivity contribution in [3.8, 4) is 23.2 Å². The predicted octanol–water partition coefficient (Wildman–Crippen LogP) is 18.6. The van der Waals surface area contributed by atoms with Crippen LogP contribution in [0.25, 0.3) is 23.2 Å². The predicted molar refractivity (Wildman–Crippen MR) is 408 cm³/mol. The maximum Gasteiger partial charge on any atom is 0.416 e. The lowest BCUT2D eigenvalue weighted by atomic mass is 9.89. The first kappa shape index (κ1) is 83.3. The number of carboxylic acids is 1. The molecule has 3 aliphatic carbocycles. The summed E-state index contributed by atoms with van der Waals surface area (Å²) in [5.74, 6) is -1.89. The Balaban J connectivity index is 0.000000157. The van der Waals surface area contributed by atoms with Gasteiger partial charge in [-0.2, -0.15) is 15.1 Å². The number of anilines is 5. The summed E-state index contributed by atoms with van der Waals surface area (Å²) in [7, 11) is 0. The molecule has 3 unspecified atom stereocenters. The average Bonchev–Trinajstić information content (AvgIpc) is 0.914. The number of ether oxygens (including phenoxy) is 2. The van der Waals surface area contributed by atoms with Crippen LogP contribution in [-0.4, -0.2) is 129 Å². The first-order valence-corrected chi connectivity index (χ1v) is 38.7. The van der Waals surface area contributed by atoms with E-state index in [0.717, 1.165) is 118 Å². The highest BCUT2D eigenvalue weighted by molar-refractivity contribution is 6.32. The number of aryl methyl sites for hydroxylation is 1. The van der Waals surface area contributed by atoms with E-state index in [1.807, 2.05) is 17.9 Å². The van der Waals surface area contributed by atoms with Gasteiger partial charge in [0.2, 0.25) is 0 Å². The number of carbonyl (C=O) groups excluding carboxylic acids is 2. The van der Waals surface area contributed by atoms with Crippen molar-refractivity contribution in [2.24, 2.45) is 16.8 Å².